The van der Waals surface area contributed by atoms with Crippen molar-refractivity contribution < 1.29 is 23.1 Å². The average molecular weight is 438 g/mol. The summed E-state index contributed by atoms with van der Waals surface area (Å²) in [5, 5.41) is 7.51. The molecule has 1 aromatic carbocycles. The summed E-state index contributed by atoms with van der Waals surface area (Å²) in [5.41, 5.74) is 0.765. The van der Waals surface area contributed by atoms with Crippen LogP contribution >= 0.6 is 0 Å². The number of halogens is 1. The number of rotatable bonds is 5. The SMILES string of the molecule is Cc1cc2c(OC3=CCC(C(=O)N(C)C)C(F)=C3)cc(C(=O)Nc3ccn(C)n3)cc2o1. The first-order valence-electron chi connectivity index (χ1n) is 10.0. The number of hydrogen-bond donors (Lipinski definition) is 1. The highest BCUT2D eigenvalue weighted by Crippen LogP contribution is 2.34. The molecule has 0 fully saturated rings. The van der Waals surface area contributed by atoms with E-state index in [1.54, 1.807) is 69.3 Å². The maximum atomic E-state index is 14.6. The van der Waals surface area contributed by atoms with E-state index in [0.29, 0.717) is 33.9 Å². The van der Waals surface area contributed by atoms with Crippen LogP contribution in [0, 0.1) is 12.8 Å². The number of carbonyl (C=O) groups excluding carboxylic acids is 2. The predicted molar refractivity (Wildman–Crippen MR) is 117 cm³/mol. The topological polar surface area (TPSA) is 89.6 Å². The average Bonchev–Trinajstić information content (AvgIpc) is 3.31. The fourth-order valence-electron chi connectivity index (χ4n) is 3.49. The van der Waals surface area contributed by atoms with Crippen molar-refractivity contribution in [3.8, 4) is 5.75 Å². The van der Waals surface area contributed by atoms with Crippen LogP contribution in [0.4, 0.5) is 10.2 Å². The number of aromatic nitrogens is 2. The number of aryl methyl sites for hydroxylation is 2. The van der Waals surface area contributed by atoms with Crippen LogP contribution in [0.3, 0.4) is 0 Å². The van der Waals surface area contributed by atoms with Crippen LogP contribution < -0.4 is 10.1 Å². The van der Waals surface area contributed by atoms with E-state index in [1.807, 2.05) is 0 Å². The first-order chi connectivity index (χ1) is 15.2. The molecular formula is C23H23FN4O4. The van der Waals surface area contributed by atoms with E-state index in [1.165, 1.54) is 11.0 Å². The molecule has 2 amide bonds. The number of carbonyl (C=O) groups is 2. The highest BCUT2D eigenvalue weighted by atomic mass is 19.1. The molecular weight excluding hydrogens is 415 g/mol. The zero-order valence-corrected chi connectivity index (χ0v) is 18.2. The standard InChI is InChI=1S/C23H23FN4O4/c1-13-9-17-19(31-13)10-14(22(29)25-21-7-8-28(4)26-21)11-20(17)32-15-5-6-16(18(24)12-15)23(30)27(2)3/h5,7-12,16H,6H2,1-4H3,(H,25,26,29). The molecule has 1 atom stereocenters. The van der Waals surface area contributed by atoms with Crippen molar-refractivity contribution in [3.05, 3.63) is 65.5 Å². The lowest BCUT2D eigenvalue weighted by Gasteiger charge is -2.21. The molecule has 1 unspecified atom stereocenters. The Balaban J connectivity index is 1.62. The number of amides is 2. The number of allylic oxidation sites excluding steroid dienone is 2. The largest absolute Gasteiger partial charge is 0.461 e. The van der Waals surface area contributed by atoms with Crippen molar-refractivity contribution in [3.63, 3.8) is 0 Å². The van der Waals surface area contributed by atoms with E-state index in [4.69, 9.17) is 9.15 Å². The molecule has 1 N–H and O–H groups in total. The van der Waals surface area contributed by atoms with Crippen LogP contribution in [-0.4, -0.2) is 40.6 Å². The number of nitrogens with zero attached hydrogens (tertiary/aromatic N) is 3. The molecule has 2 heterocycles. The Bertz CT molecular complexity index is 1270. The van der Waals surface area contributed by atoms with Crippen LogP contribution in [0.1, 0.15) is 22.5 Å². The number of ether oxygens (including phenoxy) is 1. The zero-order valence-electron chi connectivity index (χ0n) is 18.2. The van der Waals surface area contributed by atoms with Crippen LogP contribution in [0.15, 0.2) is 58.6 Å². The highest BCUT2D eigenvalue weighted by Gasteiger charge is 2.28. The van der Waals surface area contributed by atoms with E-state index in [0.717, 1.165) is 0 Å². The Morgan fingerprint density at radius 3 is 2.75 bits per heavy atom. The molecule has 0 radical (unpaired) electrons. The van der Waals surface area contributed by atoms with Gasteiger partial charge in [0.25, 0.3) is 5.91 Å². The molecule has 0 aliphatic heterocycles. The van der Waals surface area contributed by atoms with Gasteiger partial charge in [0.05, 0.1) is 11.3 Å². The van der Waals surface area contributed by atoms with Gasteiger partial charge in [0.15, 0.2) is 5.82 Å². The number of hydrogen-bond acceptors (Lipinski definition) is 5. The fourth-order valence-corrected chi connectivity index (χ4v) is 3.49. The van der Waals surface area contributed by atoms with Crippen molar-refractivity contribution in [1.82, 2.24) is 14.7 Å². The number of anilines is 1. The molecule has 0 bridgehead atoms. The second-order valence-electron chi connectivity index (χ2n) is 7.83. The van der Waals surface area contributed by atoms with E-state index < -0.39 is 11.7 Å². The lowest BCUT2D eigenvalue weighted by Crippen LogP contribution is -2.30. The van der Waals surface area contributed by atoms with Gasteiger partial charge in [-0.25, -0.2) is 4.39 Å². The third-order valence-electron chi connectivity index (χ3n) is 5.07. The van der Waals surface area contributed by atoms with Gasteiger partial charge in [-0.1, -0.05) is 0 Å². The summed E-state index contributed by atoms with van der Waals surface area (Å²) < 4.78 is 27.8. The van der Waals surface area contributed by atoms with E-state index in [2.05, 4.69) is 10.4 Å². The number of fused-ring (bicyclic) bond motifs is 1. The monoisotopic (exact) mass is 438 g/mol. The Morgan fingerprint density at radius 2 is 2.09 bits per heavy atom. The van der Waals surface area contributed by atoms with Gasteiger partial charge in [-0.3, -0.25) is 14.3 Å². The van der Waals surface area contributed by atoms with Crippen LogP contribution in [0.25, 0.3) is 11.0 Å². The molecule has 8 nitrogen and oxygen atoms in total. The van der Waals surface area contributed by atoms with Gasteiger partial charge in [-0.05, 0) is 37.6 Å². The highest BCUT2D eigenvalue weighted by molar-refractivity contribution is 6.06. The van der Waals surface area contributed by atoms with Gasteiger partial charge >= 0.3 is 0 Å². The van der Waals surface area contributed by atoms with Gasteiger partial charge in [0, 0.05) is 45.0 Å². The minimum Gasteiger partial charge on any atom is -0.461 e. The Hall–Kier alpha value is -3.88. The summed E-state index contributed by atoms with van der Waals surface area (Å²) in [5.74, 6) is -0.467. The zero-order chi connectivity index (χ0) is 23.0. The predicted octanol–water partition coefficient (Wildman–Crippen LogP) is 3.95. The lowest BCUT2D eigenvalue weighted by atomic mass is 9.97. The van der Waals surface area contributed by atoms with Gasteiger partial charge in [-0.2, -0.15) is 5.10 Å². The van der Waals surface area contributed by atoms with Crippen molar-refractivity contribution >= 4 is 28.6 Å². The molecule has 0 spiro atoms. The molecule has 32 heavy (non-hydrogen) atoms. The van der Waals surface area contributed by atoms with E-state index in [9.17, 15) is 14.0 Å². The number of nitrogens with one attached hydrogen (secondary N) is 1. The first-order valence-corrected chi connectivity index (χ1v) is 10.0. The van der Waals surface area contributed by atoms with Crippen molar-refractivity contribution in [2.45, 2.75) is 13.3 Å². The van der Waals surface area contributed by atoms with Crippen molar-refractivity contribution in [2.24, 2.45) is 13.0 Å². The molecule has 166 valence electrons. The molecule has 1 aliphatic rings. The molecule has 1 aliphatic carbocycles. The molecule has 4 rings (SSSR count). The minimum absolute atomic E-state index is 0.183. The summed E-state index contributed by atoms with van der Waals surface area (Å²) in [4.78, 5) is 26.3. The molecule has 3 aromatic rings. The Labute approximate surface area is 183 Å². The van der Waals surface area contributed by atoms with Crippen LogP contribution in [-0.2, 0) is 11.8 Å². The van der Waals surface area contributed by atoms with Gasteiger partial charge in [0.1, 0.15) is 28.7 Å². The summed E-state index contributed by atoms with van der Waals surface area (Å²) in [6.07, 6.45) is 4.76. The smallest absolute Gasteiger partial charge is 0.257 e. The Morgan fingerprint density at radius 1 is 1.31 bits per heavy atom. The first kappa shape index (κ1) is 21.4. The van der Waals surface area contributed by atoms with E-state index in [-0.39, 0.29) is 24.0 Å². The summed E-state index contributed by atoms with van der Waals surface area (Å²) in [7, 11) is 4.93. The normalized spacial score (nSPS) is 15.8. The lowest BCUT2D eigenvalue weighted by molar-refractivity contribution is -0.132. The third kappa shape index (κ3) is 4.27. The van der Waals surface area contributed by atoms with Gasteiger partial charge in [0.2, 0.25) is 5.91 Å². The second kappa shape index (κ2) is 8.33. The van der Waals surface area contributed by atoms with Crippen molar-refractivity contribution in [2.75, 3.05) is 19.4 Å². The molecule has 2 aromatic heterocycles. The third-order valence-corrected chi connectivity index (χ3v) is 5.07. The summed E-state index contributed by atoms with van der Waals surface area (Å²) in [6.45, 7) is 1.79. The summed E-state index contributed by atoms with van der Waals surface area (Å²) >= 11 is 0. The fraction of sp³-hybridized carbons (Fsp3) is 0.261. The van der Waals surface area contributed by atoms with Crippen LogP contribution in [0.5, 0.6) is 5.75 Å². The van der Waals surface area contributed by atoms with Gasteiger partial charge in [-0.15, -0.1) is 0 Å². The quantitative estimate of drug-likeness (QED) is 0.652. The molecule has 0 saturated heterocycles. The Kier molecular flexibility index (Phi) is 5.56. The maximum Gasteiger partial charge on any atom is 0.257 e. The molecule has 0 saturated carbocycles. The van der Waals surface area contributed by atoms with Crippen molar-refractivity contribution in [1.29, 1.82) is 0 Å². The summed E-state index contributed by atoms with van der Waals surface area (Å²) in [6, 6.07) is 6.65. The molecule has 9 heteroatoms. The van der Waals surface area contributed by atoms with Crippen LogP contribution in [0.2, 0.25) is 0 Å². The minimum atomic E-state index is -0.857. The second-order valence-corrected chi connectivity index (χ2v) is 7.83. The van der Waals surface area contributed by atoms with E-state index >= 15 is 0 Å². The van der Waals surface area contributed by atoms with Gasteiger partial charge < -0.3 is 19.4 Å². The maximum absolute atomic E-state index is 14.6. The number of benzene rings is 1. The number of furan rings is 1.